The molecular formula is C22H27ClFNO. The average molecular weight is 376 g/mol. The van der Waals surface area contributed by atoms with Crippen LogP contribution in [0.25, 0.3) is 0 Å². The van der Waals surface area contributed by atoms with Crippen molar-refractivity contribution in [3.8, 4) is 5.75 Å². The smallest absolute Gasteiger partial charge is 0.129 e. The first kappa shape index (κ1) is 19.2. The van der Waals surface area contributed by atoms with Gasteiger partial charge in [0, 0.05) is 28.7 Å². The van der Waals surface area contributed by atoms with E-state index < -0.39 is 0 Å². The highest BCUT2D eigenvalue weighted by Gasteiger charge is 2.13. The molecule has 0 atom stereocenters. The molecule has 0 amide bonds. The van der Waals surface area contributed by atoms with Gasteiger partial charge in [-0.2, -0.15) is 0 Å². The van der Waals surface area contributed by atoms with E-state index in [1.165, 1.54) is 51.0 Å². The Morgan fingerprint density at radius 2 is 1.69 bits per heavy atom. The minimum atomic E-state index is -0.240. The highest BCUT2D eigenvalue weighted by Crippen LogP contribution is 2.25. The van der Waals surface area contributed by atoms with E-state index in [2.05, 4.69) is 5.32 Å². The maximum absolute atomic E-state index is 13.8. The Kier molecular flexibility index (Phi) is 7.33. The molecule has 2 aromatic rings. The molecule has 3 rings (SSSR count). The fourth-order valence-electron chi connectivity index (χ4n) is 3.51. The molecule has 1 saturated carbocycles. The van der Waals surface area contributed by atoms with E-state index >= 15 is 0 Å². The van der Waals surface area contributed by atoms with Crippen LogP contribution in [0.1, 0.15) is 56.1 Å². The monoisotopic (exact) mass is 375 g/mol. The van der Waals surface area contributed by atoms with Crippen molar-refractivity contribution in [2.45, 2.75) is 64.1 Å². The van der Waals surface area contributed by atoms with E-state index in [0.29, 0.717) is 16.6 Å². The third-order valence-electron chi connectivity index (χ3n) is 5.05. The Hall–Kier alpha value is -1.58. The lowest BCUT2D eigenvalue weighted by Crippen LogP contribution is -2.29. The first-order valence-electron chi connectivity index (χ1n) is 9.60. The van der Waals surface area contributed by atoms with Gasteiger partial charge in [0.25, 0.3) is 0 Å². The van der Waals surface area contributed by atoms with Crippen LogP contribution in [0.4, 0.5) is 4.39 Å². The number of hydrogen-bond acceptors (Lipinski definition) is 2. The molecule has 2 aromatic carbocycles. The number of rotatable bonds is 6. The highest BCUT2D eigenvalue weighted by atomic mass is 35.5. The van der Waals surface area contributed by atoms with Crippen molar-refractivity contribution in [1.29, 1.82) is 0 Å². The summed E-state index contributed by atoms with van der Waals surface area (Å²) < 4.78 is 19.7. The first-order valence-corrected chi connectivity index (χ1v) is 9.98. The molecule has 4 heteroatoms. The van der Waals surface area contributed by atoms with E-state index in [4.69, 9.17) is 16.3 Å². The van der Waals surface area contributed by atoms with Crippen LogP contribution in [0.5, 0.6) is 5.75 Å². The summed E-state index contributed by atoms with van der Waals surface area (Å²) in [7, 11) is 0. The van der Waals surface area contributed by atoms with E-state index in [0.717, 1.165) is 17.9 Å². The lowest BCUT2D eigenvalue weighted by atomic mass is 9.96. The third-order valence-corrected chi connectivity index (χ3v) is 5.29. The molecule has 0 unspecified atom stereocenters. The SMILES string of the molecule is Fc1ccccc1COc1ccc(Cl)cc1CNC1CCCCCCC1. The van der Waals surface area contributed by atoms with Crippen molar-refractivity contribution in [2.75, 3.05) is 0 Å². The molecule has 0 bridgehead atoms. The second-order valence-corrected chi connectivity index (χ2v) is 7.49. The molecule has 2 nitrogen and oxygen atoms in total. The number of halogens is 2. The lowest BCUT2D eigenvalue weighted by Gasteiger charge is -2.22. The van der Waals surface area contributed by atoms with Crippen LogP contribution < -0.4 is 10.1 Å². The molecule has 0 aliphatic heterocycles. The number of ether oxygens (including phenoxy) is 1. The van der Waals surface area contributed by atoms with Crippen molar-refractivity contribution < 1.29 is 9.13 Å². The number of benzene rings is 2. The van der Waals surface area contributed by atoms with Gasteiger partial charge < -0.3 is 10.1 Å². The van der Waals surface area contributed by atoms with Crippen LogP contribution in [0.2, 0.25) is 5.02 Å². The third kappa shape index (κ3) is 5.72. The molecule has 140 valence electrons. The van der Waals surface area contributed by atoms with Crippen molar-refractivity contribution in [3.05, 3.63) is 64.4 Å². The van der Waals surface area contributed by atoms with Gasteiger partial charge >= 0.3 is 0 Å². The first-order chi connectivity index (χ1) is 12.7. The molecule has 1 aliphatic rings. The van der Waals surface area contributed by atoms with E-state index in [1.807, 2.05) is 24.3 Å². The predicted molar refractivity (Wildman–Crippen MR) is 105 cm³/mol. The van der Waals surface area contributed by atoms with Crippen LogP contribution in [0.15, 0.2) is 42.5 Å². The molecule has 0 spiro atoms. The largest absolute Gasteiger partial charge is 0.488 e. The van der Waals surface area contributed by atoms with Gasteiger partial charge in [0.2, 0.25) is 0 Å². The van der Waals surface area contributed by atoms with Crippen LogP contribution in [0, 0.1) is 5.82 Å². The molecular weight excluding hydrogens is 349 g/mol. The summed E-state index contributed by atoms with van der Waals surface area (Å²) >= 11 is 6.19. The van der Waals surface area contributed by atoms with E-state index in [1.54, 1.807) is 12.1 Å². The van der Waals surface area contributed by atoms with Crippen molar-refractivity contribution in [1.82, 2.24) is 5.32 Å². The minimum absolute atomic E-state index is 0.213. The summed E-state index contributed by atoms with van der Waals surface area (Å²) in [4.78, 5) is 0. The fraction of sp³-hybridized carbons (Fsp3) is 0.455. The molecule has 0 aromatic heterocycles. The molecule has 1 fully saturated rings. The number of nitrogens with one attached hydrogen (secondary N) is 1. The molecule has 0 heterocycles. The van der Waals surface area contributed by atoms with Crippen molar-refractivity contribution >= 4 is 11.6 Å². The Balaban J connectivity index is 1.62. The van der Waals surface area contributed by atoms with Crippen LogP contribution in [-0.4, -0.2) is 6.04 Å². The Labute approximate surface area is 160 Å². The van der Waals surface area contributed by atoms with Gasteiger partial charge in [0.05, 0.1) is 0 Å². The fourth-order valence-corrected chi connectivity index (χ4v) is 3.71. The summed E-state index contributed by atoms with van der Waals surface area (Å²) in [6, 6.07) is 12.9. The number of hydrogen-bond donors (Lipinski definition) is 1. The zero-order valence-corrected chi connectivity index (χ0v) is 15.9. The van der Waals surface area contributed by atoms with E-state index in [9.17, 15) is 4.39 Å². The second-order valence-electron chi connectivity index (χ2n) is 7.06. The van der Waals surface area contributed by atoms with Gasteiger partial charge in [-0.1, -0.05) is 61.9 Å². The van der Waals surface area contributed by atoms with Gasteiger partial charge in [-0.15, -0.1) is 0 Å². The Bertz CT molecular complexity index is 698. The quantitative estimate of drug-likeness (QED) is 0.643. The standard InChI is InChI=1S/C22H27ClFNO/c23-19-12-13-22(26-16-17-8-6-7-11-21(17)24)18(14-19)15-25-20-9-4-2-1-3-5-10-20/h6-8,11-14,20,25H,1-5,9-10,15-16H2. The van der Waals surface area contributed by atoms with Gasteiger partial charge in [-0.05, 0) is 37.1 Å². The molecule has 1 aliphatic carbocycles. The highest BCUT2D eigenvalue weighted by molar-refractivity contribution is 6.30. The van der Waals surface area contributed by atoms with E-state index in [-0.39, 0.29) is 12.4 Å². The minimum Gasteiger partial charge on any atom is -0.488 e. The summed E-state index contributed by atoms with van der Waals surface area (Å²) in [6.07, 6.45) is 9.10. The zero-order chi connectivity index (χ0) is 18.2. The Morgan fingerprint density at radius 1 is 0.962 bits per heavy atom. The summed E-state index contributed by atoms with van der Waals surface area (Å²) in [5, 5.41) is 4.36. The summed E-state index contributed by atoms with van der Waals surface area (Å²) in [5.74, 6) is 0.520. The van der Waals surface area contributed by atoms with Gasteiger partial charge in [0.1, 0.15) is 18.2 Å². The lowest BCUT2D eigenvalue weighted by molar-refractivity contribution is 0.294. The van der Waals surface area contributed by atoms with Gasteiger partial charge in [-0.3, -0.25) is 0 Å². The molecule has 0 saturated heterocycles. The van der Waals surface area contributed by atoms with Crippen LogP contribution >= 0.6 is 11.6 Å². The molecule has 26 heavy (non-hydrogen) atoms. The van der Waals surface area contributed by atoms with Gasteiger partial charge in [-0.25, -0.2) is 4.39 Å². The topological polar surface area (TPSA) is 21.3 Å². The average Bonchev–Trinajstić information content (AvgIpc) is 2.61. The van der Waals surface area contributed by atoms with Crippen LogP contribution in [-0.2, 0) is 13.2 Å². The van der Waals surface area contributed by atoms with Gasteiger partial charge in [0.15, 0.2) is 0 Å². The second kappa shape index (κ2) is 9.94. The summed E-state index contributed by atoms with van der Waals surface area (Å²) in [5.41, 5.74) is 1.58. The van der Waals surface area contributed by atoms with Crippen molar-refractivity contribution in [3.63, 3.8) is 0 Å². The molecule has 0 radical (unpaired) electrons. The normalized spacial score (nSPS) is 16.1. The van der Waals surface area contributed by atoms with Crippen molar-refractivity contribution in [2.24, 2.45) is 0 Å². The summed E-state index contributed by atoms with van der Waals surface area (Å²) in [6.45, 7) is 0.933. The molecule has 1 N–H and O–H groups in total. The zero-order valence-electron chi connectivity index (χ0n) is 15.1. The predicted octanol–water partition coefficient (Wildman–Crippen LogP) is 6.26. The Morgan fingerprint density at radius 3 is 2.46 bits per heavy atom. The maximum Gasteiger partial charge on any atom is 0.129 e. The van der Waals surface area contributed by atoms with Crippen LogP contribution in [0.3, 0.4) is 0 Å². The maximum atomic E-state index is 13.8.